The Labute approximate surface area is 72.5 Å². The number of likely N-dealkylation sites (tertiary alicyclic amines) is 1. The van der Waals surface area contributed by atoms with Crippen LogP contribution in [0.2, 0.25) is 0 Å². The van der Waals surface area contributed by atoms with Crippen molar-refractivity contribution in [1.82, 2.24) is 4.90 Å². The van der Waals surface area contributed by atoms with E-state index in [0.717, 1.165) is 19.4 Å². The summed E-state index contributed by atoms with van der Waals surface area (Å²) in [6.45, 7) is 4.99. The number of unbranched alkanes of at least 4 members (excludes halogenated alkanes) is 1. The summed E-state index contributed by atoms with van der Waals surface area (Å²) in [5.41, 5.74) is 0. The van der Waals surface area contributed by atoms with Gasteiger partial charge in [-0.2, -0.15) is 0 Å². The Morgan fingerprint density at radius 2 is 2.27 bits per heavy atom. The third kappa shape index (κ3) is 1.51. The van der Waals surface area contributed by atoms with Crippen LogP contribution >= 0.6 is 11.6 Å². The van der Waals surface area contributed by atoms with Crippen LogP contribution in [0, 0.1) is 0 Å². The standard InChI is InChI=1S/C8H14ClNO/c1-3-4-5-10-6(2)7(9)8(10)11/h6-7H,3-5H2,1-2H3. The number of carbonyl (C=O) groups is 1. The van der Waals surface area contributed by atoms with Crippen molar-refractivity contribution in [2.45, 2.75) is 38.1 Å². The minimum Gasteiger partial charge on any atom is -0.337 e. The second-order valence-electron chi connectivity index (χ2n) is 3.03. The Kier molecular flexibility index (Phi) is 2.77. The van der Waals surface area contributed by atoms with Crippen LogP contribution in [0.1, 0.15) is 26.7 Å². The fraction of sp³-hybridized carbons (Fsp3) is 0.875. The van der Waals surface area contributed by atoms with E-state index in [1.54, 1.807) is 0 Å². The molecule has 0 radical (unpaired) electrons. The van der Waals surface area contributed by atoms with Gasteiger partial charge in [0, 0.05) is 6.54 Å². The first-order valence-corrected chi connectivity index (χ1v) is 4.56. The van der Waals surface area contributed by atoms with Gasteiger partial charge in [0.2, 0.25) is 5.91 Å². The summed E-state index contributed by atoms with van der Waals surface area (Å²) >= 11 is 5.73. The molecule has 1 rings (SSSR count). The zero-order valence-electron chi connectivity index (χ0n) is 7.01. The smallest absolute Gasteiger partial charge is 0.243 e. The highest BCUT2D eigenvalue weighted by Gasteiger charge is 2.42. The molecule has 0 aromatic rings. The lowest BCUT2D eigenvalue weighted by Crippen LogP contribution is -2.60. The monoisotopic (exact) mass is 175 g/mol. The highest BCUT2D eigenvalue weighted by atomic mass is 35.5. The van der Waals surface area contributed by atoms with Crippen molar-refractivity contribution < 1.29 is 4.79 Å². The van der Waals surface area contributed by atoms with Gasteiger partial charge in [0.15, 0.2) is 0 Å². The number of carbonyl (C=O) groups excluding carboxylic acids is 1. The molecule has 2 nitrogen and oxygen atoms in total. The molecule has 0 aliphatic carbocycles. The number of amides is 1. The molecule has 1 saturated heterocycles. The highest BCUT2D eigenvalue weighted by molar-refractivity contribution is 6.33. The lowest BCUT2D eigenvalue weighted by atomic mass is 10.0. The zero-order chi connectivity index (χ0) is 8.43. The maximum absolute atomic E-state index is 11.1. The van der Waals surface area contributed by atoms with Crippen molar-refractivity contribution in [2.75, 3.05) is 6.54 Å². The van der Waals surface area contributed by atoms with Crippen molar-refractivity contribution in [1.29, 1.82) is 0 Å². The molecule has 1 heterocycles. The maximum Gasteiger partial charge on any atom is 0.243 e. The van der Waals surface area contributed by atoms with Crippen molar-refractivity contribution >= 4 is 17.5 Å². The largest absolute Gasteiger partial charge is 0.337 e. The molecule has 0 N–H and O–H groups in total. The summed E-state index contributed by atoms with van der Waals surface area (Å²) in [4.78, 5) is 12.9. The molecule has 1 amide bonds. The number of nitrogens with zero attached hydrogens (tertiary/aromatic N) is 1. The van der Waals surface area contributed by atoms with Gasteiger partial charge < -0.3 is 4.90 Å². The zero-order valence-corrected chi connectivity index (χ0v) is 7.77. The van der Waals surface area contributed by atoms with Crippen molar-refractivity contribution in [3.05, 3.63) is 0 Å². The SMILES string of the molecule is CCCCN1C(=O)C(Cl)C1C. The third-order valence-corrected chi connectivity index (χ3v) is 2.74. The van der Waals surface area contributed by atoms with Gasteiger partial charge in [-0.05, 0) is 13.3 Å². The Balaban J connectivity index is 2.31. The molecule has 0 aromatic carbocycles. The number of β-lactam (4-membered cyclic amide) rings is 1. The second-order valence-corrected chi connectivity index (χ2v) is 3.50. The number of halogens is 1. The molecule has 0 saturated carbocycles. The van der Waals surface area contributed by atoms with Crippen LogP contribution in [0.5, 0.6) is 0 Å². The van der Waals surface area contributed by atoms with Crippen LogP contribution in [0.4, 0.5) is 0 Å². The maximum atomic E-state index is 11.1. The molecule has 2 unspecified atom stereocenters. The Hall–Kier alpha value is -0.240. The summed E-state index contributed by atoms with van der Waals surface area (Å²) in [7, 11) is 0. The number of hydrogen-bond acceptors (Lipinski definition) is 1. The molecule has 64 valence electrons. The molecule has 0 spiro atoms. The van der Waals surface area contributed by atoms with Crippen molar-refractivity contribution in [3.8, 4) is 0 Å². The minimum absolute atomic E-state index is 0.104. The van der Waals surface area contributed by atoms with E-state index in [1.165, 1.54) is 0 Å². The first kappa shape index (κ1) is 8.85. The molecular formula is C8H14ClNO. The van der Waals surface area contributed by atoms with E-state index in [2.05, 4.69) is 6.92 Å². The van der Waals surface area contributed by atoms with Gasteiger partial charge in [-0.1, -0.05) is 13.3 Å². The van der Waals surface area contributed by atoms with Crippen LogP contribution in [0.15, 0.2) is 0 Å². The van der Waals surface area contributed by atoms with Gasteiger partial charge in [-0.25, -0.2) is 0 Å². The molecule has 1 aliphatic rings. The van der Waals surface area contributed by atoms with Crippen molar-refractivity contribution in [2.24, 2.45) is 0 Å². The summed E-state index contributed by atoms with van der Waals surface area (Å²) in [6, 6.07) is 0.246. The number of alkyl halides is 1. The number of hydrogen-bond donors (Lipinski definition) is 0. The molecule has 1 fully saturated rings. The second kappa shape index (κ2) is 3.44. The summed E-state index contributed by atoms with van der Waals surface area (Å²) in [5.74, 6) is 0.104. The van der Waals surface area contributed by atoms with Gasteiger partial charge in [0.25, 0.3) is 0 Å². The van der Waals surface area contributed by atoms with Gasteiger partial charge in [-0.15, -0.1) is 11.6 Å². The van der Waals surface area contributed by atoms with E-state index < -0.39 is 0 Å². The molecule has 2 atom stereocenters. The molecule has 0 bridgehead atoms. The van der Waals surface area contributed by atoms with Crippen LogP contribution < -0.4 is 0 Å². The predicted octanol–water partition coefficient (Wildman–Crippen LogP) is 1.62. The summed E-state index contributed by atoms with van der Waals surface area (Å²) in [6.07, 6.45) is 2.21. The Morgan fingerprint density at radius 1 is 1.64 bits per heavy atom. The van der Waals surface area contributed by atoms with Gasteiger partial charge in [0.1, 0.15) is 5.38 Å². The topological polar surface area (TPSA) is 20.3 Å². The summed E-state index contributed by atoms with van der Waals surface area (Å²) < 4.78 is 0. The molecule has 11 heavy (non-hydrogen) atoms. The van der Waals surface area contributed by atoms with E-state index in [1.807, 2.05) is 11.8 Å². The minimum atomic E-state index is -0.258. The first-order valence-electron chi connectivity index (χ1n) is 4.13. The van der Waals surface area contributed by atoms with Gasteiger partial charge in [-0.3, -0.25) is 4.79 Å². The molecular weight excluding hydrogens is 162 g/mol. The predicted molar refractivity (Wildman–Crippen MR) is 45.7 cm³/mol. The Bertz CT molecular complexity index is 160. The van der Waals surface area contributed by atoms with E-state index in [-0.39, 0.29) is 17.3 Å². The quantitative estimate of drug-likeness (QED) is 0.472. The van der Waals surface area contributed by atoms with Gasteiger partial charge >= 0.3 is 0 Å². The number of rotatable bonds is 3. The lowest BCUT2D eigenvalue weighted by molar-refractivity contribution is -0.144. The van der Waals surface area contributed by atoms with E-state index in [9.17, 15) is 4.79 Å². The Morgan fingerprint density at radius 3 is 2.73 bits per heavy atom. The van der Waals surface area contributed by atoms with Crippen LogP contribution in [-0.2, 0) is 4.79 Å². The van der Waals surface area contributed by atoms with Crippen molar-refractivity contribution in [3.63, 3.8) is 0 Å². The van der Waals surface area contributed by atoms with Gasteiger partial charge in [0.05, 0.1) is 6.04 Å². The average molecular weight is 176 g/mol. The van der Waals surface area contributed by atoms with E-state index in [4.69, 9.17) is 11.6 Å². The highest BCUT2D eigenvalue weighted by Crippen LogP contribution is 2.24. The van der Waals surface area contributed by atoms with E-state index >= 15 is 0 Å². The molecule has 1 aliphatic heterocycles. The van der Waals surface area contributed by atoms with E-state index in [0.29, 0.717) is 0 Å². The molecule has 0 aromatic heterocycles. The van der Waals surface area contributed by atoms with Crippen LogP contribution in [0.3, 0.4) is 0 Å². The first-order chi connectivity index (χ1) is 5.18. The normalized spacial score (nSPS) is 30.5. The molecule has 3 heteroatoms. The third-order valence-electron chi connectivity index (χ3n) is 2.19. The fourth-order valence-electron chi connectivity index (χ4n) is 1.28. The van der Waals surface area contributed by atoms with Crippen LogP contribution in [0.25, 0.3) is 0 Å². The van der Waals surface area contributed by atoms with Crippen LogP contribution in [-0.4, -0.2) is 28.8 Å². The summed E-state index contributed by atoms with van der Waals surface area (Å²) in [5, 5.41) is -0.258. The average Bonchev–Trinajstić information content (AvgIpc) is 2.04. The lowest BCUT2D eigenvalue weighted by Gasteiger charge is -2.42. The fourth-order valence-corrected chi connectivity index (χ4v) is 1.54.